The third kappa shape index (κ3) is 4.50. The van der Waals surface area contributed by atoms with Crippen molar-refractivity contribution in [1.82, 2.24) is 9.88 Å². The zero-order valence-corrected chi connectivity index (χ0v) is 15.1. The monoisotopic (exact) mass is 342 g/mol. The fraction of sp³-hybridized carbons (Fsp3) is 0.450. The van der Waals surface area contributed by atoms with Crippen LogP contribution in [0.5, 0.6) is 11.5 Å². The molecule has 2 aromatic rings. The maximum absolute atomic E-state index is 5.99. The molecule has 3 rings (SSSR count). The van der Waals surface area contributed by atoms with E-state index >= 15 is 0 Å². The molecule has 1 fully saturated rings. The zero-order valence-electron chi connectivity index (χ0n) is 15.1. The van der Waals surface area contributed by atoms with Gasteiger partial charge < -0.3 is 14.2 Å². The summed E-state index contributed by atoms with van der Waals surface area (Å²) in [5, 5.41) is 0. The second-order valence-corrected chi connectivity index (χ2v) is 6.54. The Balaban J connectivity index is 1.73. The van der Waals surface area contributed by atoms with Gasteiger partial charge in [-0.1, -0.05) is 12.1 Å². The maximum atomic E-state index is 5.99. The fourth-order valence-electron chi connectivity index (χ4n) is 3.13. The molecular weight excluding hydrogens is 316 g/mol. The number of methoxy groups -OCH3 is 1. The van der Waals surface area contributed by atoms with Gasteiger partial charge >= 0.3 is 0 Å². The van der Waals surface area contributed by atoms with Gasteiger partial charge in [0.1, 0.15) is 6.61 Å². The molecule has 5 heteroatoms. The molecule has 0 saturated carbocycles. The lowest BCUT2D eigenvalue weighted by Gasteiger charge is -2.38. The standard InChI is InChI=1S/C20H26N2O3/c1-15-12-24-13-16(2)22(15)11-17-6-7-19(23-3)20(9-17)25-14-18-5-4-8-21-10-18/h4-10,15-16H,11-14H2,1-3H3. The first kappa shape index (κ1) is 17.7. The second kappa shape index (κ2) is 8.32. The van der Waals surface area contributed by atoms with Crippen molar-refractivity contribution >= 4 is 0 Å². The Morgan fingerprint density at radius 1 is 1.12 bits per heavy atom. The summed E-state index contributed by atoms with van der Waals surface area (Å²) in [6, 6.07) is 10.9. The highest BCUT2D eigenvalue weighted by molar-refractivity contribution is 5.43. The number of aromatic nitrogens is 1. The minimum Gasteiger partial charge on any atom is -0.493 e. The van der Waals surface area contributed by atoms with Crippen molar-refractivity contribution in [2.24, 2.45) is 0 Å². The Labute approximate surface area is 149 Å². The first-order valence-corrected chi connectivity index (χ1v) is 8.69. The summed E-state index contributed by atoms with van der Waals surface area (Å²) in [7, 11) is 1.66. The van der Waals surface area contributed by atoms with E-state index in [-0.39, 0.29) is 0 Å². The highest BCUT2D eigenvalue weighted by atomic mass is 16.5. The molecule has 134 valence electrons. The van der Waals surface area contributed by atoms with Gasteiger partial charge in [0.2, 0.25) is 0 Å². The smallest absolute Gasteiger partial charge is 0.161 e. The molecule has 2 heterocycles. The van der Waals surface area contributed by atoms with Crippen LogP contribution in [-0.4, -0.2) is 42.3 Å². The molecule has 0 spiro atoms. The third-order valence-corrected chi connectivity index (χ3v) is 4.56. The van der Waals surface area contributed by atoms with Gasteiger partial charge in [-0.15, -0.1) is 0 Å². The molecule has 1 aliphatic rings. The number of ether oxygens (including phenoxy) is 3. The van der Waals surface area contributed by atoms with E-state index in [0.717, 1.165) is 36.8 Å². The molecular formula is C20H26N2O3. The van der Waals surface area contributed by atoms with Gasteiger partial charge in [0, 0.05) is 36.6 Å². The first-order valence-electron chi connectivity index (χ1n) is 8.69. The van der Waals surface area contributed by atoms with Crippen LogP contribution in [0.3, 0.4) is 0 Å². The number of nitrogens with zero attached hydrogens (tertiary/aromatic N) is 2. The number of pyridine rings is 1. The van der Waals surface area contributed by atoms with Crippen LogP contribution in [0.4, 0.5) is 0 Å². The second-order valence-electron chi connectivity index (χ2n) is 6.54. The lowest BCUT2D eigenvalue weighted by molar-refractivity contribution is -0.0409. The number of hydrogen-bond acceptors (Lipinski definition) is 5. The summed E-state index contributed by atoms with van der Waals surface area (Å²) in [6.07, 6.45) is 3.57. The summed E-state index contributed by atoms with van der Waals surface area (Å²) < 4.78 is 17.1. The Morgan fingerprint density at radius 3 is 2.60 bits per heavy atom. The molecule has 5 nitrogen and oxygen atoms in total. The van der Waals surface area contributed by atoms with E-state index in [2.05, 4.69) is 35.9 Å². The highest BCUT2D eigenvalue weighted by Crippen LogP contribution is 2.30. The molecule has 2 unspecified atom stereocenters. The zero-order chi connectivity index (χ0) is 17.6. The molecule has 0 bridgehead atoms. The van der Waals surface area contributed by atoms with Crippen molar-refractivity contribution < 1.29 is 14.2 Å². The van der Waals surface area contributed by atoms with Gasteiger partial charge in [-0.05, 0) is 37.6 Å². The van der Waals surface area contributed by atoms with E-state index in [1.54, 1.807) is 13.3 Å². The van der Waals surface area contributed by atoms with Gasteiger partial charge in [-0.25, -0.2) is 0 Å². The quantitative estimate of drug-likeness (QED) is 0.806. The lowest BCUT2D eigenvalue weighted by Crippen LogP contribution is -2.48. The average Bonchev–Trinajstić information content (AvgIpc) is 2.64. The topological polar surface area (TPSA) is 43.8 Å². The number of morpholine rings is 1. The number of benzene rings is 1. The molecule has 2 atom stereocenters. The molecule has 1 aliphatic heterocycles. The summed E-state index contributed by atoms with van der Waals surface area (Å²) in [5.74, 6) is 1.51. The summed E-state index contributed by atoms with van der Waals surface area (Å²) in [4.78, 5) is 6.59. The molecule has 1 aromatic heterocycles. The van der Waals surface area contributed by atoms with E-state index in [9.17, 15) is 0 Å². The summed E-state index contributed by atoms with van der Waals surface area (Å²) >= 11 is 0. The molecule has 0 amide bonds. The molecule has 0 N–H and O–H groups in total. The van der Waals surface area contributed by atoms with E-state index in [4.69, 9.17) is 14.2 Å². The lowest BCUT2D eigenvalue weighted by atomic mass is 10.1. The van der Waals surface area contributed by atoms with Crippen LogP contribution in [0.25, 0.3) is 0 Å². The van der Waals surface area contributed by atoms with Crippen LogP contribution in [0.2, 0.25) is 0 Å². The first-order chi connectivity index (χ1) is 12.2. The average molecular weight is 342 g/mol. The van der Waals surface area contributed by atoms with Crippen LogP contribution < -0.4 is 9.47 Å². The van der Waals surface area contributed by atoms with Crippen molar-refractivity contribution in [3.8, 4) is 11.5 Å². The minimum atomic E-state index is 0.408. The SMILES string of the molecule is COc1ccc(CN2C(C)COCC2C)cc1OCc1cccnc1. The van der Waals surface area contributed by atoms with E-state index in [1.807, 2.05) is 24.4 Å². The molecule has 0 radical (unpaired) electrons. The number of rotatable bonds is 6. The molecule has 1 saturated heterocycles. The van der Waals surface area contributed by atoms with Gasteiger partial charge in [-0.3, -0.25) is 9.88 Å². The molecule has 0 aliphatic carbocycles. The molecule has 1 aromatic carbocycles. The van der Waals surface area contributed by atoms with Crippen LogP contribution in [0, 0.1) is 0 Å². The number of hydrogen-bond donors (Lipinski definition) is 0. The summed E-state index contributed by atoms with van der Waals surface area (Å²) in [5.41, 5.74) is 2.24. The van der Waals surface area contributed by atoms with Gasteiger partial charge in [0.15, 0.2) is 11.5 Å². The van der Waals surface area contributed by atoms with Crippen molar-refractivity contribution in [3.05, 3.63) is 53.9 Å². The highest BCUT2D eigenvalue weighted by Gasteiger charge is 2.25. The molecule has 25 heavy (non-hydrogen) atoms. The Hall–Kier alpha value is -2.11. The van der Waals surface area contributed by atoms with Crippen molar-refractivity contribution in [2.45, 2.75) is 39.1 Å². The van der Waals surface area contributed by atoms with Gasteiger partial charge in [-0.2, -0.15) is 0 Å². The predicted octanol–water partition coefficient (Wildman–Crippen LogP) is 3.28. The third-order valence-electron chi connectivity index (χ3n) is 4.56. The van der Waals surface area contributed by atoms with E-state index in [0.29, 0.717) is 18.7 Å². The van der Waals surface area contributed by atoms with Gasteiger partial charge in [0.05, 0.1) is 20.3 Å². The van der Waals surface area contributed by atoms with Crippen LogP contribution in [-0.2, 0) is 17.9 Å². The van der Waals surface area contributed by atoms with Crippen molar-refractivity contribution in [3.63, 3.8) is 0 Å². The van der Waals surface area contributed by atoms with E-state index < -0.39 is 0 Å². The Kier molecular flexibility index (Phi) is 5.89. The maximum Gasteiger partial charge on any atom is 0.161 e. The van der Waals surface area contributed by atoms with Crippen LogP contribution in [0.1, 0.15) is 25.0 Å². The normalized spacial score (nSPS) is 21.1. The predicted molar refractivity (Wildman–Crippen MR) is 96.8 cm³/mol. The largest absolute Gasteiger partial charge is 0.493 e. The van der Waals surface area contributed by atoms with Gasteiger partial charge in [0.25, 0.3) is 0 Å². The fourth-order valence-corrected chi connectivity index (χ4v) is 3.13. The van der Waals surface area contributed by atoms with E-state index in [1.165, 1.54) is 5.56 Å². The van der Waals surface area contributed by atoms with Crippen LogP contribution in [0.15, 0.2) is 42.7 Å². The minimum absolute atomic E-state index is 0.408. The van der Waals surface area contributed by atoms with Crippen molar-refractivity contribution in [1.29, 1.82) is 0 Å². The summed E-state index contributed by atoms with van der Waals surface area (Å²) in [6.45, 7) is 7.32. The van der Waals surface area contributed by atoms with Crippen LogP contribution >= 0.6 is 0 Å². The Bertz CT molecular complexity index is 668. The van der Waals surface area contributed by atoms with Crippen molar-refractivity contribution in [2.75, 3.05) is 20.3 Å². The Morgan fingerprint density at radius 2 is 1.92 bits per heavy atom.